The van der Waals surface area contributed by atoms with Crippen LogP contribution in [0.5, 0.6) is 5.75 Å². The minimum Gasteiger partial charge on any atom is -0.492 e. The van der Waals surface area contributed by atoms with Crippen molar-refractivity contribution in [1.82, 2.24) is 0 Å². The van der Waals surface area contributed by atoms with Crippen molar-refractivity contribution < 1.29 is 4.74 Å². The summed E-state index contributed by atoms with van der Waals surface area (Å²) in [4.78, 5) is 0. The van der Waals surface area contributed by atoms with E-state index < -0.39 is 0 Å². The van der Waals surface area contributed by atoms with Gasteiger partial charge >= 0.3 is 0 Å². The van der Waals surface area contributed by atoms with Crippen LogP contribution < -0.4 is 4.74 Å². The molecule has 0 spiro atoms. The lowest BCUT2D eigenvalue weighted by Crippen LogP contribution is -2.01. The fourth-order valence-electron chi connectivity index (χ4n) is 1.32. The van der Waals surface area contributed by atoms with Gasteiger partial charge in [0.25, 0.3) is 0 Å². The van der Waals surface area contributed by atoms with Gasteiger partial charge in [-0.05, 0) is 31.2 Å². The molecule has 1 rings (SSSR count). The number of thioether (sulfide) groups is 1. The van der Waals surface area contributed by atoms with Gasteiger partial charge in [-0.3, -0.25) is 0 Å². The van der Waals surface area contributed by atoms with Crippen LogP contribution in [0.4, 0.5) is 0 Å². The molecule has 0 aliphatic carbocycles. The fourth-order valence-corrected chi connectivity index (χ4v) is 1.81. The van der Waals surface area contributed by atoms with Gasteiger partial charge < -0.3 is 4.74 Å². The average Bonchev–Trinajstić information content (AvgIpc) is 2.15. The van der Waals surface area contributed by atoms with E-state index in [4.69, 9.17) is 4.74 Å². The van der Waals surface area contributed by atoms with Crippen LogP contribution in [0.2, 0.25) is 0 Å². The van der Waals surface area contributed by atoms with Gasteiger partial charge in [0.05, 0.1) is 6.61 Å². The summed E-state index contributed by atoms with van der Waals surface area (Å²) < 4.78 is 5.67. The van der Waals surface area contributed by atoms with E-state index in [1.54, 1.807) is 0 Å². The Kier molecular flexibility index (Phi) is 4.88. The Hall–Kier alpha value is -0.630. The monoisotopic (exact) mass is 210 g/mol. The van der Waals surface area contributed by atoms with Gasteiger partial charge in [0, 0.05) is 5.75 Å². The zero-order valence-corrected chi connectivity index (χ0v) is 9.99. The maximum atomic E-state index is 5.67. The van der Waals surface area contributed by atoms with Gasteiger partial charge in [-0.15, -0.1) is 0 Å². The molecule has 0 atom stereocenters. The summed E-state index contributed by atoms with van der Waals surface area (Å²) in [5.41, 5.74) is 2.52. The molecule has 0 aromatic heterocycles. The molecule has 14 heavy (non-hydrogen) atoms. The predicted molar refractivity (Wildman–Crippen MR) is 64.4 cm³/mol. The van der Waals surface area contributed by atoms with E-state index >= 15 is 0 Å². The van der Waals surface area contributed by atoms with Gasteiger partial charge in [-0.1, -0.05) is 24.6 Å². The maximum absolute atomic E-state index is 5.67. The molecule has 0 aliphatic rings. The molecule has 2 heteroatoms. The number of benzene rings is 1. The number of rotatable bonds is 5. The molecule has 0 bridgehead atoms. The van der Waals surface area contributed by atoms with Crippen LogP contribution in [-0.2, 0) is 0 Å². The quantitative estimate of drug-likeness (QED) is 0.689. The Morgan fingerprint density at radius 2 is 2.07 bits per heavy atom. The van der Waals surface area contributed by atoms with Gasteiger partial charge in [-0.2, -0.15) is 11.8 Å². The van der Waals surface area contributed by atoms with Crippen LogP contribution in [0.15, 0.2) is 18.2 Å². The molecule has 1 nitrogen and oxygen atoms in total. The zero-order chi connectivity index (χ0) is 10.4. The molecule has 0 amide bonds. The molecule has 0 saturated heterocycles. The Balaban J connectivity index is 2.42. The third kappa shape index (κ3) is 3.62. The highest BCUT2D eigenvalue weighted by atomic mass is 32.2. The van der Waals surface area contributed by atoms with E-state index in [1.165, 1.54) is 11.1 Å². The van der Waals surface area contributed by atoms with Crippen molar-refractivity contribution in [1.29, 1.82) is 0 Å². The molecule has 1 aromatic carbocycles. The molecule has 0 fully saturated rings. The highest BCUT2D eigenvalue weighted by molar-refractivity contribution is 7.99. The normalized spacial score (nSPS) is 10.2. The summed E-state index contributed by atoms with van der Waals surface area (Å²) in [6.07, 6.45) is 0. The van der Waals surface area contributed by atoms with Crippen LogP contribution in [0.25, 0.3) is 0 Å². The van der Waals surface area contributed by atoms with Crippen molar-refractivity contribution in [3.8, 4) is 5.75 Å². The number of hydrogen-bond acceptors (Lipinski definition) is 2. The minimum absolute atomic E-state index is 0.808. The molecule has 78 valence electrons. The smallest absolute Gasteiger partial charge is 0.122 e. The summed E-state index contributed by atoms with van der Waals surface area (Å²) in [6.45, 7) is 7.17. The third-order valence-electron chi connectivity index (χ3n) is 2.02. The van der Waals surface area contributed by atoms with Crippen molar-refractivity contribution in [2.24, 2.45) is 0 Å². The Morgan fingerprint density at radius 1 is 1.29 bits per heavy atom. The van der Waals surface area contributed by atoms with Gasteiger partial charge in [0.2, 0.25) is 0 Å². The maximum Gasteiger partial charge on any atom is 0.122 e. The molecular formula is C12H18OS. The Bertz CT molecular complexity index is 284. The first-order valence-electron chi connectivity index (χ1n) is 5.02. The van der Waals surface area contributed by atoms with Crippen LogP contribution in [-0.4, -0.2) is 18.1 Å². The Morgan fingerprint density at radius 3 is 2.71 bits per heavy atom. The molecule has 0 radical (unpaired) electrons. The zero-order valence-electron chi connectivity index (χ0n) is 9.17. The summed E-state index contributed by atoms with van der Waals surface area (Å²) in [7, 11) is 0. The lowest BCUT2D eigenvalue weighted by molar-refractivity contribution is 0.341. The lowest BCUT2D eigenvalue weighted by atomic mass is 10.1. The van der Waals surface area contributed by atoms with E-state index in [-0.39, 0.29) is 0 Å². The second-order valence-corrected chi connectivity index (χ2v) is 4.71. The van der Waals surface area contributed by atoms with Crippen molar-refractivity contribution >= 4 is 11.8 Å². The molecular weight excluding hydrogens is 192 g/mol. The van der Waals surface area contributed by atoms with Crippen molar-refractivity contribution in [3.63, 3.8) is 0 Å². The van der Waals surface area contributed by atoms with E-state index in [2.05, 4.69) is 39.0 Å². The molecule has 0 saturated carbocycles. The molecule has 1 aromatic rings. The number of hydrogen-bond donors (Lipinski definition) is 0. The molecule has 0 N–H and O–H groups in total. The fraction of sp³-hybridized carbons (Fsp3) is 0.500. The first-order chi connectivity index (χ1) is 6.74. The first kappa shape index (κ1) is 11.4. The third-order valence-corrected chi connectivity index (χ3v) is 2.88. The van der Waals surface area contributed by atoms with E-state index in [0.717, 1.165) is 23.9 Å². The van der Waals surface area contributed by atoms with Crippen LogP contribution in [0.3, 0.4) is 0 Å². The predicted octanol–water partition coefficient (Wildman–Crippen LogP) is 3.44. The highest BCUT2D eigenvalue weighted by Gasteiger charge is 1.98. The number of aryl methyl sites for hydroxylation is 2. The first-order valence-corrected chi connectivity index (χ1v) is 6.17. The van der Waals surface area contributed by atoms with Crippen LogP contribution >= 0.6 is 11.8 Å². The summed E-state index contributed by atoms with van der Waals surface area (Å²) in [5.74, 6) is 3.26. The van der Waals surface area contributed by atoms with E-state index in [0.29, 0.717) is 0 Å². The van der Waals surface area contributed by atoms with Gasteiger partial charge in [0.15, 0.2) is 0 Å². The SMILES string of the molecule is CCSCCOc1ccc(C)cc1C. The van der Waals surface area contributed by atoms with E-state index in [9.17, 15) is 0 Å². The minimum atomic E-state index is 0.808. The lowest BCUT2D eigenvalue weighted by Gasteiger charge is -2.08. The van der Waals surface area contributed by atoms with Crippen molar-refractivity contribution in [2.75, 3.05) is 18.1 Å². The molecule has 0 aliphatic heterocycles. The standard InChI is InChI=1S/C12H18OS/c1-4-14-8-7-13-12-6-5-10(2)9-11(12)3/h5-6,9H,4,7-8H2,1-3H3. The van der Waals surface area contributed by atoms with Crippen LogP contribution in [0, 0.1) is 13.8 Å². The number of ether oxygens (including phenoxy) is 1. The summed E-state index contributed by atoms with van der Waals surface area (Å²) in [6, 6.07) is 6.30. The second kappa shape index (κ2) is 5.97. The van der Waals surface area contributed by atoms with Gasteiger partial charge in [0.1, 0.15) is 5.75 Å². The largest absolute Gasteiger partial charge is 0.492 e. The summed E-state index contributed by atoms with van der Waals surface area (Å²) >= 11 is 1.91. The molecule has 0 heterocycles. The Labute approximate surface area is 90.9 Å². The molecule has 0 unspecified atom stereocenters. The van der Waals surface area contributed by atoms with Crippen molar-refractivity contribution in [2.45, 2.75) is 20.8 Å². The highest BCUT2D eigenvalue weighted by Crippen LogP contribution is 2.18. The van der Waals surface area contributed by atoms with Crippen LogP contribution in [0.1, 0.15) is 18.1 Å². The summed E-state index contributed by atoms with van der Waals surface area (Å²) in [5, 5.41) is 0. The second-order valence-electron chi connectivity index (χ2n) is 3.31. The van der Waals surface area contributed by atoms with E-state index in [1.807, 2.05) is 11.8 Å². The van der Waals surface area contributed by atoms with Gasteiger partial charge in [-0.25, -0.2) is 0 Å². The average molecular weight is 210 g/mol. The van der Waals surface area contributed by atoms with Crippen molar-refractivity contribution in [3.05, 3.63) is 29.3 Å². The topological polar surface area (TPSA) is 9.23 Å².